The highest BCUT2D eigenvalue weighted by Gasteiger charge is 2.37. The van der Waals surface area contributed by atoms with Crippen molar-refractivity contribution in [2.24, 2.45) is 11.8 Å². The quantitative estimate of drug-likeness (QED) is 0.782. The lowest BCUT2D eigenvalue weighted by Gasteiger charge is -2.34. The van der Waals surface area contributed by atoms with Crippen LogP contribution in [0.5, 0.6) is 0 Å². The van der Waals surface area contributed by atoms with E-state index in [0.717, 1.165) is 25.9 Å². The van der Waals surface area contributed by atoms with Gasteiger partial charge in [0.15, 0.2) is 0 Å². The average Bonchev–Trinajstić information content (AvgIpc) is 2.82. The lowest BCUT2D eigenvalue weighted by Crippen LogP contribution is -2.50. The lowest BCUT2D eigenvalue weighted by atomic mass is 9.90. The molecule has 0 aromatic rings. The van der Waals surface area contributed by atoms with E-state index in [4.69, 9.17) is 0 Å². The zero-order valence-corrected chi connectivity index (χ0v) is 12.0. The number of hydrogen-bond acceptors (Lipinski definition) is 3. The van der Waals surface area contributed by atoms with E-state index in [2.05, 4.69) is 22.5 Å². The SMILES string of the molecule is CC1CNCC(C(=O)NC2CCN3CCCCC23)C1. The molecule has 3 fully saturated rings. The van der Waals surface area contributed by atoms with Gasteiger partial charge >= 0.3 is 0 Å². The zero-order chi connectivity index (χ0) is 13.2. The van der Waals surface area contributed by atoms with Crippen molar-refractivity contribution in [3.8, 4) is 0 Å². The van der Waals surface area contributed by atoms with Crippen LogP contribution >= 0.6 is 0 Å². The van der Waals surface area contributed by atoms with E-state index in [1.54, 1.807) is 0 Å². The first-order valence-electron chi connectivity index (χ1n) is 7.99. The van der Waals surface area contributed by atoms with Gasteiger partial charge in [-0.25, -0.2) is 0 Å². The van der Waals surface area contributed by atoms with Gasteiger partial charge in [-0.1, -0.05) is 13.3 Å². The molecule has 0 aromatic heterocycles. The van der Waals surface area contributed by atoms with Gasteiger partial charge in [0.2, 0.25) is 5.91 Å². The summed E-state index contributed by atoms with van der Waals surface area (Å²) in [5.41, 5.74) is 0. The largest absolute Gasteiger partial charge is 0.351 e. The molecule has 4 atom stereocenters. The highest BCUT2D eigenvalue weighted by Crippen LogP contribution is 2.27. The highest BCUT2D eigenvalue weighted by atomic mass is 16.2. The molecular weight excluding hydrogens is 238 g/mol. The van der Waals surface area contributed by atoms with Gasteiger partial charge < -0.3 is 10.6 Å². The summed E-state index contributed by atoms with van der Waals surface area (Å²) >= 11 is 0. The van der Waals surface area contributed by atoms with Crippen LogP contribution in [0.15, 0.2) is 0 Å². The van der Waals surface area contributed by atoms with Crippen LogP contribution in [0.3, 0.4) is 0 Å². The molecule has 1 amide bonds. The number of nitrogens with one attached hydrogen (secondary N) is 2. The van der Waals surface area contributed by atoms with Crippen LogP contribution in [0.1, 0.15) is 39.0 Å². The van der Waals surface area contributed by atoms with Crippen molar-refractivity contribution < 1.29 is 4.79 Å². The number of nitrogens with zero attached hydrogens (tertiary/aromatic N) is 1. The number of amides is 1. The third-order valence-electron chi connectivity index (χ3n) is 5.12. The van der Waals surface area contributed by atoms with Crippen molar-refractivity contribution >= 4 is 5.91 Å². The van der Waals surface area contributed by atoms with Crippen LogP contribution in [0.2, 0.25) is 0 Å². The lowest BCUT2D eigenvalue weighted by molar-refractivity contribution is -0.126. The Morgan fingerprint density at radius 1 is 1.21 bits per heavy atom. The van der Waals surface area contributed by atoms with Crippen LogP contribution in [0, 0.1) is 11.8 Å². The van der Waals surface area contributed by atoms with Crippen molar-refractivity contribution in [3.05, 3.63) is 0 Å². The Morgan fingerprint density at radius 2 is 2.11 bits per heavy atom. The summed E-state index contributed by atoms with van der Waals surface area (Å²) in [6, 6.07) is 1.02. The summed E-state index contributed by atoms with van der Waals surface area (Å²) in [5, 5.41) is 6.72. The normalized spacial score (nSPS) is 39.8. The first-order chi connectivity index (χ1) is 9.24. The maximum atomic E-state index is 12.4. The molecule has 3 saturated heterocycles. The summed E-state index contributed by atoms with van der Waals surface area (Å²) in [7, 11) is 0. The predicted octanol–water partition coefficient (Wildman–Crippen LogP) is 0.975. The second-order valence-corrected chi connectivity index (χ2v) is 6.70. The minimum Gasteiger partial charge on any atom is -0.351 e. The van der Waals surface area contributed by atoms with E-state index in [1.165, 1.54) is 32.4 Å². The molecule has 2 N–H and O–H groups in total. The minimum atomic E-state index is 0.182. The summed E-state index contributed by atoms with van der Waals surface area (Å²) in [5.74, 6) is 1.09. The topological polar surface area (TPSA) is 44.4 Å². The summed E-state index contributed by atoms with van der Waals surface area (Å²) < 4.78 is 0. The molecule has 3 heterocycles. The maximum absolute atomic E-state index is 12.4. The van der Waals surface area contributed by atoms with E-state index >= 15 is 0 Å². The van der Waals surface area contributed by atoms with Crippen LogP contribution in [0.25, 0.3) is 0 Å². The molecule has 0 radical (unpaired) electrons. The van der Waals surface area contributed by atoms with Gasteiger partial charge in [0, 0.05) is 25.2 Å². The van der Waals surface area contributed by atoms with E-state index in [9.17, 15) is 4.79 Å². The summed E-state index contributed by atoms with van der Waals surface area (Å²) in [4.78, 5) is 15.0. The molecule has 3 rings (SSSR count). The van der Waals surface area contributed by atoms with E-state index in [-0.39, 0.29) is 11.8 Å². The Labute approximate surface area is 116 Å². The standard InChI is InChI=1S/C15H27N3O/c1-11-8-12(10-16-9-11)15(19)17-13-5-7-18-6-3-2-4-14(13)18/h11-14,16H,2-10H2,1H3,(H,17,19). The first-order valence-corrected chi connectivity index (χ1v) is 7.99. The van der Waals surface area contributed by atoms with Crippen molar-refractivity contribution in [1.29, 1.82) is 0 Å². The first kappa shape index (κ1) is 13.4. The third-order valence-corrected chi connectivity index (χ3v) is 5.12. The molecular formula is C15H27N3O. The van der Waals surface area contributed by atoms with Crippen LogP contribution in [-0.2, 0) is 4.79 Å². The van der Waals surface area contributed by atoms with Gasteiger partial charge in [0.05, 0.1) is 5.92 Å². The molecule has 0 aromatic carbocycles. The van der Waals surface area contributed by atoms with Gasteiger partial charge in [-0.05, 0) is 44.7 Å². The number of piperidine rings is 2. The van der Waals surface area contributed by atoms with Gasteiger partial charge in [0.25, 0.3) is 0 Å². The van der Waals surface area contributed by atoms with Gasteiger partial charge in [0.1, 0.15) is 0 Å². The molecule has 4 nitrogen and oxygen atoms in total. The number of hydrogen-bond donors (Lipinski definition) is 2. The Bertz CT molecular complexity index is 333. The van der Waals surface area contributed by atoms with E-state index in [0.29, 0.717) is 18.0 Å². The van der Waals surface area contributed by atoms with E-state index in [1.807, 2.05) is 0 Å². The second kappa shape index (κ2) is 5.80. The monoisotopic (exact) mass is 265 g/mol. The number of carbonyl (C=O) groups is 1. The van der Waals surface area contributed by atoms with Crippen molar-refractivity contribution in [2.45, 2.75) is 51.1 Å². The fourth-order valence-electron chi connectivity index (χ4n) is 4.07. The smallest absolute Gasteiger partial charge is 0.224 e. The van der Waals surface area contributed by atoms with Crippen molar-refractivity contribution in [1.82, 2.24) is 15.5 Å². The summed E-state index contributed by atoms with van der Waals surface area (Å²) in [6.07, 6.45) is 6.12. The molecule has 19 heavy (non-hydrogen) atoms. The number of carbonyl (C=O) groups excluding carboxylic acids is 1. The highest BCUT2D eigenvalue weighted by molar-refractivity contribution is 5.79. The molecule has 0 bridgehead atoms. The fraction of sp³-hybridized carbons (Fsp3) is 0.933. The minimum absolute atomic E-state index is 0.182. The Balaban J connectivity index is 1.54. The third kappa shape index (κ3) is 2.95. The van der Waals surface area contributed by atoms with Crippen LogP contribution < -0.4 is 10.6 Å². The predicted molar refractivity (Wildman–Crippen MR) is 75.9 cm³/mol. The molecule has 0 saturated carbocycles. The van der Waals surface area contributed by atoms with Gasteiger partial charge in [-0.15, -0.1) is 0 Å². The van der Waals surface area contributed by atoms with Gasteiger partial charge in [-0.3, -0.25) is 9.69 Å². The number of rotatable bonds is 2. The molecule has 108 valence electrons. The molecule has 3 aliphatic heterocycles. The Hall–Kier alpha value is -0.610. The Morgan fingerprint density at radius 3 is 2.95 bits per heavy atom. The van der Waals surface area contributed by atoms with Crippen LogP contribution in [-0.4, -0.2) is 49.1 Å². The van der Waals surface area contributed by atoms with Crippen molar-refractivity contribution in [2.75, 3.05) is 26.2 Å². The molecule has 4 heteroatoms. The second-order valence-electron chi connectivity index (χ2n) is 6.70. The fourth-order valence-corrected chi connectivity index (χ4v) is 4.07. The molecule has 0 spiro atoms. The van der Waals surface area contributed by atoms with Crippen molar-refractivity contribution in [3.63, 3.8) is 0 Å². The molecule has 0 aliphatic carbocycles. The zero-order valence-electron chi connectivity index (χ0n) is 12.0. The Kier molecular flexibility index (Phi) is 4.08. The van der Waals surface area contributed by atoms with E-state index < -0.39 is 0 Å². The molecule has 4 unspecified atom stereocenters. The number of fused-ring (bicyclic) bond motifs is 1. The van der Waals surface area contributed by atoms with Crippen LogP contribution in [0.4, 0.5) is 0 Å². The molecule has 3 aliphatic rings. The van der Waals surface area contributed by atoms with Gasteiger partial charge in [-0.2, -0.15) is 0 Å². The average molecular weight is 265 g/mol. The summed E-state index contributed by atoms with van der Waals surface area (Å²) in [6.45, 7) is 6.56. The maximum Gasteiger partial charge on any atom is 0.224 e.